The lowest BCUT2D eigenvalue weighted by Crippen LogP contribution is -2.20. The number of anilines is 1. The zero-order chi connectivity index (χ0) is 14.0. The van der Waals surface area contributed by atoms with Gasteiger partial charge in [0.05, 0.1) is 12.3 Å². The van der Waals surface area contributed by atoms with Crippen LogP contribution in [-0.4, -0.2) is 18.1 Å². The van der Waals surface area contributed by atoms with Crippen molar-refractivity contribution in [2.24, 2.45) is 0 Å². The molecule has 2 rings (SSSR count). The van der Waals surface area contributed by atoms with E-state index in [0.717, 1.165) is 5.56 Å². The average molecular weight is 277 g/mol. The molecule has 0 amide bonds. The van der Waals surface area contributed by atoms with Crippen molar-refractivity contribution in [1.82, 2.24) is 0 Å². The van der Waals surface area contributed by atoms with Crippen molar-refractivity contribution in [2.45, 2.75) is 25.7 Å². The van der Waals surface area contributed by atoms with Crippen molar-refractivity contribution in [1.29, 1.82) is 10.7 Å². The van der Waals surface area contributed by atoms with E-state index in [1.165, 1.54) is 0 Å². The monoisotopic (exact) mass is 277 g/mol. The molecule has 0 saturated carbocycles. The molecule has 1 saturated heterocycles. The van der Waals surface area contributed by atoms with Gasteiger partial charge in [-0.25, -0.2) is 0 Å². The summed E-state index contributed by atoms with van der Waals surface area (Å²) < 4.78 is 14.0. The molecule has 1 aromatic carbocycles. The van der Waals surface area contributed by atoms with Crippen molar-refractivity contribution in [3.8, 4) is 6.07 Å². The summed E-state index contributed by atoms with van der Waals surface area (Å²) in [6.07, 6.45) is -0.291. The summed E-state index contributed by atoms with van der Waals surface area (Å²) in [5.41, 5.74) is 1.75. The smallest absolute Gasteiger partial charge is 0.163 e. The van der Waals surface area contributed by atoms with Crippen molar-refractivity contribution < 1.29 is 9.47 Å². The molecule has 1 fully saturated rings. The third-order valence-electron chi connectivity index (χ3n) is 2.93. The van der Waals surface area contributed by atoms with E-state index in [2.05, 4.69) is 17.5 Å². The minimum atomic E-state index is -0.652. The fourth-order valence-electron chi connectivity index (χ4n) is 2.11. The molecule has 0 spiro atoms. The van der Waals surface area contributed by atoms with Gasteiger partial charge in [-0.1, -0.05) is 24.9 Å². The Kier molecular flexibility index (Phi) is 3.80. The first-order chi connectivity index (χ1) is 8.98. The topological polar surface area (TPSA) is 78.1 Å². The number of thiol groups is 1. The molecule has 1 atom stereocenters. The molecule has 1 unspecified atom stereocenters. The van der Waals surface area contributed by atoms with Crippen molar-refractivity contribution >= 4 is 24.2 Å². The lowest BCUT2D eigenvalue weighted by atomic mass is 9.97. The van der Waals surface area contributed by atoms with Gasteiger partial charge in [-0.2, -0.15) is 5.26 Å². The Hall–Kier alpha value is -1.55. The van der Waals surface area contributed by atoms with E-state index in [1.54, 1.807) is 6.07 Å². The predicted octanol–water partition coefficient (Wildman–Crippen LogP) is 2.66. The summed E-state index contributed by atoms with van der Waals surface area (Å²) in [7, 11) is 0. The van der Waals surface area contributed by atoms with Crippen molar-refractivity contribution in [3.05, 3.63) is 29.3 Å². The van der Waals surface area contributed by atoms with Gasteiger partial charge in [-0.3, -0.25) is 5.41 Å². The lowest BCUT2D eigenvalue weighted by molar-refractivity contribution is -0.139. The van der Waals surface area contributed by atoms with Crippen LogP contribution >= 0.6 is 12.8 Å². The zero-order valence-electron chi connectivity index (χ0n) is 10.7. The number of hydrogen-bond donors (Lipinski definition) is 3. The maximum atomic E-state index is 8.98. The third-order valence-corrected chi connectivity index (χ3v) is 3.18. The van der Waals surface area contributed by atoms with Crippen LogP contribution in [-0.2, 0) is 9.47 Å². The van der Waals surface area contributed by atoms with Gasteiger partial charge in [-0.05, 0) is 25.5 Å². The largest absolute Gasteiger partial charge is 0.347 e. The average Bonchev–Trinajstić information content (AvgIpc) is 2.77. The Morgan fingerprint density at radius 2 is 2.32 bits per heavy atom. The van der Waals surface area contributed by atoms with Crippen LogP contribution in [0, 0.1) is 16.7 Å². The van der Waals surface area contributed by atoms with Crippen LogP contribution in [0.15, 0.2) is 18.2 Å². The predicted molar refractivity (Wildman–Crippen MR) is 75.3 cm³/mol. The van der Waals surface area contributed by atoms with E-state index < -0.39 is 5.79 Å². The summed E-state index contributed by atoms with van der Waals surface area (Å²) in [6.45, 7) is 4.07. The number of nitrogens with one attached hydrogen (secondary N) is 2. The maximum Gasteiger partial charge on any atom is 0.163 e. The minimum Gasteiger partial charge on any atom is -0.347 e. The highest BCUT2D eigenvalue weighted by atomic mass is 32.1. The summed E-state index contributed by atoms with van der Waals surface area (Å²) >= 11 is 4.01. The first-order valence-corrected chi connectivity index (χ1v) is 6.27. The minimum absolute atomic E-state index is 0.125. The number of rotatable bonds is 3. The van der Waals surface area contributed by atoms with Gasteiger partial charge in [0.15, 0.2) is 5.79 Å². The van der Waals surface area contributed by atoms with Crippen molar-refractivity contribution in [2.75, 3.05) is 11.3 Å². The molecule has 0 radical (unpaired) electrons. The van der Waals surface area contributed by atoms with Crippen LogP contribution in [0.5, 0.6) is 0 Å². The Labute approximate surface area is 117 Å². The fourth-order valence-corrected chi connectivity index (χ4v) is 2.29. The first-order valence-electron chi connectivity index (χ1n) is 5.82. The van der Waals surface area contributed by atoms with Gasteiger partial charge in [0, 0.05) is 5.56 Å². The van der Waals surface area contributed by atoms with E-state index in [0.29, 0.717) is 17.9 Å². The number of benzene rings is 1. The third kappa shape index (κ3) is 2.73. The van der Waals surface area contributed by atoms with Gasteiger partial charge in [0.2, 0.25) is 0 Å². The van der Waals surface area contributed by atoms with Gasteiger partial charge >= 0.3 is 0 Å². The fraction of sp³-hybridized carbons (Fsp3) is 0.385. The zero-order valence-corrected chi connectivity index (χ0v) is 11.6. The maximum absolute atomic E-state index is 8.98. The summed E-state index contributed by atoms with van der Waals surface area (Å²) in [4.78, 5) is 0. The second kappa shape index (κ2) is 5.21. The molecule has 5 nitrogen and oxygen atoms in total. The van der Waals surface area contributed by atoms with Crippen molar-refractivity contribution in [3.63, 3.8) is 0 Å². The Balaban J connectivity index is 2.46. The first kappa shape index (κ1) is 13.9. The molecule has 1 aromatic rings. The normalized spacial score (nSPS) is 20.8. The number of hydrogen-bond acceptors (Lipinski definition) is 6. The van der Waals surface area contributed by atoms with E-state index in [4.69, 9.17) is 20.1 Å². The molecule has 19 heavy (non-hydrogen) atoms. The Bertz CT molecular complexity index is 551. The molecule has 2 N–H and O–H groups in total. The van der Waals surface area contributed by atoms with E-state index in [-0.39, 0.29) is 11.8 Å². The summed E-state index contributed by atoms with van der Waals surface area (Å²) in [5.74, 6) is -0.652. The summed E-state index contributed by atoms with van der Waals surface area (Å²) in [6, 6.07) is 7.28. The number of nitriles is 1. The molecule has 1 heterocycles. The Morgan fingerprint density at radius 3 is 2.84 bits per heavy atom. The van der Waals surface area contributed by atoms with Crippen LogP contribution in [0.3, 0.4) is 0 Å². The lowest BCUT2D eigenvalue weighted by Gasteiger charge is -2.19. The quantitative estimate of drug-likeness (QED) is 0.586. The van der Waals surface area contributed by atoms with Gasteiger partial charge in [0.1, 0.15) is 17.9 Å². The molecular formula is C13H15N3O2S. The van der Waals surface area contributed by atoms with Gasteiger partial charge < -0.3 is 14.2 Å². The SMILES string of the molecule is CC1(C)OCC(c2cccc(NS)c2C(=N)C#N)O1. The van der Waals surface area contributed by atoms with Gasteiger partial charge in [-0.15, -0.1) is 0 Å². The van der Waals surface area contributed by atoms with Crippen LogP contribution in [0.1, 0.15) is 31.1 Å². The van der Waals surface area contributed by atoms with Crippen LogP contribution in [0.2, 0.25) is 0 Å². The highest BCUT2D eigenvalue weighted by Gasteiger charge is 2.35. The summed E-state index contributed by atoms with van der Waals surface area (Å²) in [5, 5.41) is 16.8. The highest BCUT2D eigenvalue weighted by Crippen LogP contribution is 2.36. The molecule has 6 heteroatoms. The second-order valence-corrected chi connectivity index (χ2v) is 4.91. The second-order valence-electron chi connectivity index (χ2n) is 4.69. The van der Waals surface area contributed by atoms with E-state index in [1.807, 2.05) is 32.0 Å². The molecule has 0 aromatic heterocycles. The molecular weight excluding hydrogens is 262 g/mol. The Morgan fingerprint density at radius 1 is 1.58 bits per heavy atom. The molecule has 1 aliphatic rings. The van der Waals surface area contributed by atoms with Crippen LogP contribution in [0.4, 0.5) is 5.69 Å². The standard InChI is InChI=1S/C13H15N3O2S/c1-13(2)17-7-11(18-13)8-4-3-5-10(16-19)12(8)9(15)6-14/h3-5,11,15-16,19H,7H2,1-2H3. The molecule has 0 bridgehead atoms. The molecule has 1 aliphatic heterocycles. The van der Waals surface area contributed by atoms with Gasteiger partial charge in [0.25, 0.3) is 0 Å². The molecule has 0 aliphatic carbocycles. The molecule has 100 valence electrons. The highest BCUT2D eigenvalue weighted by molar-refractivity contribution is 7.81. The van der Waals surface area contributed by atoms with Crippen LogP contribution in [0.25, 0.3) is 0 Å². The van der Waals surface area contributed by atoms with E-state index in [9.17, 15) is 0 Å². The number of ether oxygens (including phenoxy) is 2. The van der Waals surface area contributed by atoms with E-state index >= 15 is 0 Å². The number of nitrogens with zero attached hydrogens (tertiary/aromatic N) is 1. The van der Waals surface area contributed by atoms with Crippen LogP contribution < -0.4 is 4.72 Å².